The van der Waals surface area contributed by atoms with Gasteiger partial charge in [0.15, 0.2) is 0 Å². The first-order chi connectivity index (χ1) is 29.3. The quantitative estimate of drug-likeness (QED) is 0.161. The van der Waals surface area contributed by atoms with Crippen molar-refractivity contribution in [3.63, 3.8) is 0 Å². The molecule has 1 heterocycles. The van der Waals surface area contributed by atoms with E-state index in [0.29, 0.717) is 0 Å². The smallest absolute Gasteiger partial charge is 0.0746 e. The molecular formula is C57H35NS. The van der Waals surface area contributed by atoms with Crippen LogP contribution in [0.4, 0.5) is 17.1 Å². The lowest BCUT2D eigenvalue weighted by molar-refractivity contribution is 0.793. The number of hydrogen-bond donors (Lipinski definition) is 0. The van der Waals surface area contributed by atoms with Crippen molar-refractivity contribution in [2.45, 2.75) is 5.41 Å². The first-order valence-electron chi connectivity index (χ1n) is 20.4. The van der Waals surface area contributed by atoms with Gasteiger partial charge in [0.1, 0.15) is 0 Å². The van der Waals surface area contributed by atoms with Gasteiger partial charge >= 0.3 is 0 Å². The summed E-state index contributed by atoms with van der Waals surface area (Å²) in [7, 11) is 0. The van der Waals surface area contributed by atoms with Gasteiger partial charge in [-0.1, -0.05) is 176 Å². The van der Waals surface area contributed by atoms with Gasteiger partial charge < -0.3 is 4.90 Å². The van der Waals surface area contributed by atoms with Crippen molar-refractivity contribution in [1.82, 2.24) is 0 Å². The third-order valence-electron chi connectivity index (χ3n) is 13.1. The number of fused-ring (bicyclic) bond motifs is 17. The van der Waals surface area contributed by atoms with Crippen LogP contribution in [-0.2, 0) is 5.41 Å². The van der Waals surface area contributed by atoms with Gasteiger partial charge in [0.05, 0.1) is 16.8 Å². The number of para-hydroxylation sites is 1. The average molecular weight is 766 g/mol. The highest BCUT2D eigenvalue weighted by Gasteiger charge is 2.53. The number of nitrogens with zero attached hydrogens (tertiary/aromatic N) is 1. The normalized spacial score (nSPS) is 13.2. The standard InChI is InChI=1S/C57H35NS/c1-14-31-54-36(16-1)34-55(59-54)47-24-9-13-29-52(47)58(37-32-33-42-40-19-3-2-17-38(40)39-18-4-5-20-41(39)48(42)35-37)53-30-15-25-46-45-23-8-12-28-51(45)57(56(46)53)49-26-10-6-21-43(49)44-22-7-11-27-50(44)57/h1-35H. The van der Waals surface area contributed by atoms with Crippen molar-refractivity contribution in [3.8, 4) is 32.7 Å². The van der Waals surface area contributed by atoms with Crippen LogP contribution in [0.15, 0.2) is 212 Å². The lowest BCUT2D eigenvalue weighted by Gasteiger charge is -2.36. The molecule has 0 N–H and O–H groups in total. The first-order valence-corrected chi connectivity index (χ1v) is 21.2. The molecule has 10 aromatic carbocycles. The van der Waals surface area contributed by atoms with E-state index < -0.39 is 5.41 Å². The van der Waals surface area contributed by atoms with Crippen LogP contribution in [0.5, 0.6) is 0 Å². The van der Waals surface area contributed by atoms with Gasteiger partial charge in [0, 0.05) is 26.4 Å². The second-order valence-corrected chi connectivity index (χ2v) is 17.0. The molecule has 2 aliphatic rings. The molecule has 0 saturated heterocycles. The number of hydrogen-bond acceptors (Lipinski definition) is 2. The van der Waals surface area contributed by atoms with Crippen molar-refractivity contribution in [3.05, 3.63) is 235 Å². The molecular weight excluding hydrogens is 731 g/mol. The molecule has 0 unspecified atom stereocenters. The fourth-order valence-electron chi connectivity index (χ4n) is 10.8. The summed E-state index contributed by atoms with van der Waals surface area (Å²) in [6, 6.07) is 79.5. The molecule has 0 aliphatic heterocycles. The summed E-state index contributed by atoms with van der Waals surface area (Å²) < 4.78 is 1.29. The van der Waals surface area contributed by atoms with Crippen LogP contribution in [0.25, 0.3) is 75.1 Å². The Hall–Kier alpha value is -7.26. The fourth-order valence-corrected chi connectivity index (χ4v) is 11.9. The van der Waals surface area contributed by atoms with E-state index in [1.165, 1.54) is 103 Å². The molecule has 1 spiro atoms. The Kier molecular flexibility index (Phi) is 6.87. The van der Waals surface area contributed by atoms with E-state index in [2.05, 4.69) is 217 Å². The van der Waals surface area contributed by atoms with Gasteiger partial charge in [-0.2, -0.15) is 0 Å². The van der Waals surface area contributed by atoms with Crippen LogP contribution in [0.2, 0.25) is 0 Å². The minimum atomic E-state index is -0.514. The van der Waals surface area contributed by atoms with Gasteiger partial charge in [-0.15, -0.1) is 11.3 Å². The van der Waals surface area contributed by atoms with Gasteiger partial charge in [-0.25, -0.2) is 0 Å². The number of thiophene rings is 1. The van der Waals surface area contributed by atoms with Crippen molar-refractivity contribution in [2.24, 2.45) is 0 Å². The van der Waals surface area contributed by atoms with E-state index in [1.54, 1.807) is 0 Å². The summed E-state index contributed by atoms with van der Waals surface area (Å²) in [5.74, 6) is 0. The molecule has 59 heavy (non-hydrogen) atoms. The van der Waals surface area contributed by atoms with Crippen LogP contribution < -0.4 is 4.90 Å². The lowest BCUT2D eigenvalue weighted by Crippen LogP contribution is -2.28. The van der Waals surface area contributed by atoms with Gasteiger partial charge in [-0.05, 0) is 113 Å². The Morgan fingerprint density at radius 2 is 0.814 bits per heavy atom. The second-order valence-electron chi connectivity index (χ2n) is 15.9. The zero-order valence-electron chi connectivity index (χ0n) is 32.1. The maximum atomic E-state index is 2.58. The molecule has 0 atom stereocenters. The molecule has 0 radical (unpaired) electrons. The molecule has 2 heteroatoms. The molecule has 1 aromatic heterocycles. The van der Waals surface area contributed by atoms with Crippen molar-refractivity contribution in [1.29, 1.82) is 0 Å². The van der Waals surface area contributed by atoms with Crippen LogP contribution in [0.1, 0.15) is 22.3 Å². The average Bonchev–Trinajstić information content (AvgIpc) is 3.97. The van der Waals surface area contributed by atoms with E-state index in [0.717, 1.165) is 11.4 Å². The van der Waals surface area contributed by atoms with Gasteiger partial charge in [-0.3, -0.25) is 0 Å². The van der Waals surface area contributed by atoms with Crippen LogP contribution >= 0.6 is 11.3 Å². The Balaban J connectivity index is 1.17. The molecule has 274 valence electrons. The van der Waals surface area contributed by atoms with Crippen LogP contribution in [0, 0.1) is 0 Å². The first kappa shape index (κ1) is 32.8. The van der Waals surface area contributed by atoms with E-state index in [4.69, 9.17) is 0 Å². The Bertz CT molecular complexity index is 3400. The molecule has 0 amide bonds. The van der Waals surface area contributed by atoms with Crippen molar-refractivity contribution < 1.29 is 0 Å². The third-order valence-corrected chi connectivity index (χ3v) is 14.2. The van der Waals surface area contributed by atoms with Crippen LogP contribution in [0.3, 0.4) is 0 Å². The van der Waals surface area contributed by atoms with Gasteiger partial charge in [0.2, 0.25) is 0 Å². The Labute approximate surface area is 346 Å². The van der Waals surface area contributed by atoms with E-state index in [9.17, 15) is 0 Å². The minimum absolute atomic E-state index is 0.514. The summed E-state index contributed by atoms with van der Waals surface area (Å²) in [6.45, 7) is 0. The summed E-state index contributed by atoms with van der Waals surface area (Å²) >= 11 is 1.87. The Morgan fingerprint density at radius 1 is 0.339 bits per heavy atom. The molecule has 1 nitrogen and oxygen atoms in total. The summed E-state index contributed by atoms with van der Waals surface area (Å²) in [6.07, 6.45) is 0. The highest BCUT2D eigenvalue weighted by Crippen LogP contribution is 2.65. The molecule has 11 aromatic rings. The maximum Gasteiger partial charge on any atom is 0.0746 e. The fraction of sp³-hybridized carbons (Fsp3) is 0.0175. The number of benzene rings is 10. The van der Waals surface area contributed by atoms with Crippen molar-refractivity contribution >= 4 is 70.8 Å². The summed E-state index contributed by atoms with van der Waals surface area (Å²) in [5.41, 5.74) is 14.7. The van der Waals surface area contributed by atoms with E-state index >= 15 is 0 Å². The monoisotopic (exact) mass is 765 g/mol. The molecule has 13 rings (SSSR count). The predicted octanol–water partition coefficient (Wildman–Crippen LogP) is 15.8. The predicted molar refractivity (Wildman–Crippen MR) is 251 cm³/mol. The topological polar surface area (TPSA) is 3.24 Å². The van der Waals surface area contributed by atoms with E-state index in [-0.39, 0.29) is 0 Å². The highest BCUT2D eigenvalue weighted by molar-refractivity contribution is 7.22. The summed E-state index contributed by atoms with van der Waals surface area (Å²) in [5, 5.41) is 8.89. The third kappa shape index (κ3) is 4.44. The number of rotatable bonds is 4. The van der Waals surface area contributed by atoms with Gasteiger partial charge in [0.25, 0.3) is 0 Å². The SMILES string of the molecule is c1ccc(N(c2ccc3c4ccccc4c4ccccc4c3c2)c2cccc3c2C2(c4ccccc4-c4ccccc42)c2ccccc2-3)c(-c2cc3ccccc3s2)c1. The van der Waals surface area contributed by atoms with Crippen molar-refractivity contribution in [2.75, 3.05) is 4.90 Å². The number of anilines is 3. The second kappa shape index (κ2) is 12.4. The molecule has 0 bridgehead atoms. The Morgan fingerprint density at radius 3 is 1.46 bits per heavy atom. The lowest BCUT2D eigenvalue weighted by atomic mass is 9.70. The largest absolute Gasteiger partial charge is 0.309 e. The molecule has 2 aliphatic carbocycles. The van der Waals surface area contributed by atoms with E-state index in [1.807, 2.05) is 11.3 Å². The summed E-state index contributed by atoms with van der Waals surface area (Å²) in [4.78, 5) is 3.84. The molecule has 0 fully saturated rings. The minimum Gasteiger partial charge on any atom is -0.309 e. The zero-order chi connectivity index (χ0) is 38.7. The maximum absolute atomic E-state index is 2.58. The zero-order valence-corrected chi connectivity index (χ0v) is 32.9. The molecule has 0 saturated carbocycles. The van der Waals surface area contributed by atoms with Crippen LogP contribution in [-0.4, -0.2) is 0 Å². The highest BCUT2D eigenvalue weighted by atomic mass is 32.1.